The van der Waals surface area contributed by atoms with Gasteiger partial charge in [0.05, 0.1) is 54.1 Å². The van der Waals surface area contributed by atoms with E-state index in [0.29, 0.717) is 45.5 Å². The molecular weight excluding hydrogens is 590 g/mol. The summed E-state index contributed by atoms with van der Waals surface area (Å²) in [6, 6.07) is 21.2. The summed E-state index contributed by atoms with van der Waals surface area (Å²) in [6.07, 6.45) is 0.383. The first-order chi connectivity index (χ1) is 20.7. The number of anilines is 1. The molecule has 0 saturated carbocycles. The summed E-state index contributed by atoms with van der Waals surface area (Å²) in [6.45, 7) is 1.83. The molecule has 4 aromatic rings. The molecular formula is C32H28ClN3O6S. The Morgan fingerprint density at radius 1 is 1.00 bits per heavy atom. The quantitative estimate of drug-likeness (QED) is 0.168. The van der Waals surface area contributed by atoms with Crippen LogP contribution in [0, 0.1) is 11.3 Å². The highest BCUT2D eigenvalue weighted by Crippen LogP contribution is 2.44. The van der Waals surface area contributed by atoms with Crippen molar-refractivity contribution in [3.05, 3.63) is 82.9 Å². The van der Waals surface area contributed by atoms with Crippen molar-refractivity contribution in [2.75, 3.05) is 26.6 Å². The fourth-order valence-corrected chi connectivity index (χ4v) is 5.55. The number of nitriles is 1. The number of amides is 1. The van der Waals surface area contributed by atoms with Crippen molar-refractivity contribution in [3.8, 4) is 45.7 Å². The minimum atomic E-state index is -1.14. The van der Waals surface area contributed by atoms with Gasteiger partial charge in [-0.3, -0.25) is 4.79 Å². The second-order valence-corrected chi connectivity index (χ2v) is 10.7. The normalized spacial score (nSPS) is 11.3. The average Bonchev–Trinajstić information content (AvgIpc) is 3.03. The van der Waals surface area contributed by atoms with E-state index in [-0.39, 0.29) is 21.8 Å². The minimum Gasteiger partial charge on any atom is -0.493 e. The summed E-state index contributed by atoms with van der Waals surface area (Å²) < 4.78 is 16.6. The van der Waals surface area contributed by atoms with Crippen LogP contribution in [0.15, 0.2) is 71.8 Å². The van der Waals surface area contributed by atoms with Crippen LogP contribution in [0.1, 0.15) is 29.3 Å². The predicted octanol–water partition coefficient (Wildman–Crippen LogP) is 7.17. The van der Waals surface area contributed by atoms with Gasteiger partial charge in [0.15, 0.2) is 11.5 Å². The van der Waals surface area contributed by atoms with Crippen LogP contribution in [0.4, 0.5) is 5.69 Å². The molecule has 4 rings (SSSR count). The number of aromatic nitrogens is 1. The Morgan fingerprint density at radius 3 is 2.23 bits per heavy atom. The van der Waals surface area contributed by atoms with Crippen molar-refractivity contribution in [1.82, 2.24) is 4.98 Å². The van der Waals surface area contributed by atoms with E-state index in [4.69, 9.17) is 30.8 Å². The molecule has 1 unspecified atom stereocenters. The van der Waals surface area contributed by atoms with Crippen molar-refractivity contribution in [1.29, 1.82) is 5.26 Å². The number of hydrogen-bond donors (Lipinski definition) is 2. The molecule has 43 heavy (non-hydrogen) atoms. The fraction of sp³-hybridized carbons (Fsp3) is 0.188. The maximum absolute atomic E-state index is 13.4. The Bertz CT molecular complexity index is 1680. The molecule has 1 amide bonds. The Morgan fingerprint density at radius 2 is 1.67 bits per heavy atom. The molecule has 0 aliphatic rings. The smallest absolute Gasteiger partial charge is 0.335 e. The number of aromatic carboxylic acids is 1. The van der Waals surface area contributed by atoms with E-state index in [2.05, 4.69) is 11.4 Å². The molecule has 1 aromatic heterocycles. The van der Waals surface area contributed by atoms with E-state index in [1.807, 2.05) is 43.3 Å². The van der Waals surface area contributed by atoms with Gasteiger partial charge < -0.3 is 24.6 Å². The highest BCUT2D eigenvalue weighted by Gasteiger charge is 2.25. The summed E-state index contributed by atoms with van der Waals surface area (Å²) in [7, 11) is 4.53. The lowest BCUT2D eigenvalue weighted by Crippen LogP contribution is -2.25. The zero-order valence-electron chi connectivity index (χ0n) is 23.8. The van der Waals surface area contributed by atoms with Crippen molar-refractivity contribution in [2.24, 2.45) is 0 Å². The van der Waals surface area contributed by atoms with Gasteiger partial charge in [-0.2, -0.15) is 5.26 Å². The van der Waals surface area contributed by atoms with Crippen LogP contribution in [0.2, 0.25) is 5.02 Å². The molecule has 0 fully saturated rings. The highest BCUT2D eigenvalue weighted by molar-refractivity contribution is 8.00. The molecule has 11 heteroatoms. The minimum absolute atomic E-state index is 0.0145. The summed E-state index contributed by atoms with van der Waals surface area (Å²) in [4.78, 5) is 29.7. The standard InChI is InChI=1S/C32H28ClN3O6S/c1-5-28(30(37)35-25-13-19(32(38)39)11-12-23(25)33)43-31-22(17-34)21(16-24(36-31)18-9-7-6-8-10-18)20-14-26(40-2)29(42-4)27(15-20)41-3/h6-16,28H,5H2,1-4H3,(H,35,37)(H,38,39). The van der Waals surface area contributed by atoms with E-state index in [1.165, 1.54) is 39.5 Å². The molecule has 220 valence electrons. The lowest BCUT2D eigenvalue weighted by Gasteiger charge is -2.19. The summed E-state index contributed by atoms with van der Waals surface area (Å²) >= 11 is 7.39. The Hall–Kier alpha value is -4.72. The maximum Gasteiger partial charge on any atom is 0.335 e. The topological polar surface area (TPSA) is 131 Å². The molecule has 1 atom stereocenters. The maximum atomic E-state index is 13.4. The molecule has 0 bridgehead atoms. The van der Waals surface area contributed by atoms with Gasteiger partial charge in [0.25, 0.3) is 0 Å². The molecule has 0 aliphatic carbocycles. The van der Waals surface area contributed by atoms with E-state index >= 15 is 0 Å². The molecule has 0 radical (unpaired) electrons. The van der Waals surface area contributed by atoms with Crippen LogP contribution in [0.3, 0.4) is 0 Å². The molecule has 9 nitrogen and oxygen atoms in total. The van der Waals surface area contributed by atoms with Crippen molar-refractivity contribution in [2.45, 2.75) is 23.6 Å². The number of rotatable bonds is 11. The number of benzene rings is 3. The van der Waals surface area contributed by atoms with Crippen LogP contribution >= 0.6 is 23.4 Å². The summed E-state index contributed by atoms with van der Waals surface area (Å²) in [5.74, 6) is -0.318. The number of ether oxygens (including phenoxy) is 3. The number of halogens is 1. The number of carboxylic acids is 1. The van der Waals surface area contributed by atoms with E-state index in [0.717, 1.165) is 17.3 Å². The van der Waals surface area contributed by atoms with Gasteiger partial charge in [-0.15, -0.1) is 0 Å². The third-order valence-corrected chi connectivity index (χ3v) is 8.21. The van der Waals surface area contributed by atoms with E-state index < -0.39 is 17.1 Å². The second-order valence-electron chi connectivity index (χ2n) is 9.13. The van der Waals surface area contributed by atoms with Crippen LogP contribution in [-0.4, -0.2) is 48.5 Å². The highest BCUT2D eigenvalue weighted by atomic mass is 35.5. The fourth-order valence-electron chi connectivity index (χ4n) is 4.36. The number of carbonyl (C=O) groups is 2. The molecule has 3 aromatic carbocycles. The number of pyridine rings is 1. The number of nitrogens with zero attached hydrogens (tertiary/aromatic N) is 2. The number of nitrogens with one attached hydrogen (secondary N) is 1. The van der Waals surface area contributed by atoms with Crippen molar-refractivity contribution in [3.63, 3.8) is 0 Å². The number of thioether (sulfide) groups is 1. The van der Waals surface area contributed by atoms with Gasteiger partial charge in [0.2, 0.25) is 11.7 Å². The van der Waals surface area contributed by atoms with Crippen molar-refractivity contribution < 1.29 is 28.9 Å². The van der Waals surface area contributed by atoms with Gasteiger partial charge in [-0.05, 0) is 48.4 Å². The molecule has 0 saturated heterocycles. The second kappa shape index (κ2) is 14.0. The number of hydrogen-bond acceptors (Lipinski definition) is 8. The zero-order valence-corrected chi connectivity index (χ0v) is 25.4. The van der Waals surface area contributed by atoms with Gasteiger partial charge >= 0.3 is 5.97 Å². The Kier molecular flexibility index (Phi) is 10.1. The van der Waals surface area contributed by atoms with E-state index in [1.54, 1.807) is 12.1 Å². The first-order valence-corrected chi connectivity index (χ1v) is 14.3. The zero-order chi connectivity index (χ0) is 31.1. The monoisotopic (exact) mass is 617 g/mol. The van der Waals surface area contributed by atoms with Gasteiger partial charge in [0.1, 0.15) is 11.1 Å². The summed E-state index contributed by atoms with van der Waals surface area (Å²) in [5, 5.41) is 22.3. The van der Waals surface area contributed by atoms with Gasteiger partial charge in [-0.25, -0.2) is 9.78 Å². The summed E-state index contributed by atoms with van der Waals surface area (Å²) in [5.41, 5.74) is 3.02. The van der Waals surface area contributed by atoms with Gasteiger partial charge in [-0.1, -0.05) is 60.6 Å². The average molecular weight is 618 g/mol. The molecule has 0 aliphatic heterocycles. The number of carboxylic acid groups (broad SMARTS) is 1. The van der Waals surface area contributed by atoms with Gasteiger partial charge in [0, 0.05) is 11.1 Å². The van der Waals surface area contributed by atoms with E-state index in [9.17, 15) is 20.0 Å². The predicted molar refractivity (Wildman–Crippen MR) is 166 cm³/mol. The third-order valence-electron chi connectivity index (χ3n) is 6.53. The van der Waals surface area contributed by atoms with Crippen LogP contribution in [-0.2, 0) is 4.79 Å². The molecule has 2 N–H and O–H groups in total. The molecule has 0 spiro atoms. The third kappa shape index (κ3) is 6.85. The first-order valence-electron chi connectivity index (χ1n) is 13.1. The lowest BCUT2D eigenvalue weighted by molar-refractivity contribution is -0.115. The van der Waals surface area contributed by atoms with Crippen LogP contribution < -0.4 is 19.5 Å². The first kappa shape index (κ1) is 31.2. The van der Waals surface area contributed by atoms with Crippen LogP contribution in [0.25, 0.3) is 22.4 Å². The lowest BCUT2D eigenvalue weighted by atomic mass is 9.98. The Balaban J connectivity index is 1.83. The number of methoxy groups -OCH3 is 3. The van der Waals surface area contributed by atoms with Crippen LogP contribution in [0.5, 0.6) is 17.2 Å². The Labute approximate surface area is 258 Å². The number of carbonyl (C=O) groups excluding carboxylic acids is 1. The SMILES string of the molecule is CCC(Sc1nc(-c2ccccc2)cc(-c2cc(OC)c(OC)c(OC)c2)c1C#N)C(=O)Nc1cc(C(=O)O)ccc1Cl. The largest absolute Gasteiger partial charge is 0.493 e. The molecule has 1 heterocycles. The van der Waals surface area contributed by atoms with Crippen molar-refractivity contribution >= 4 is 40.9 Å².